The van der Waals surface area contributed by atoms with E-state index in [1.165, 1.54) is 89.9 Å². The molecule has 1 rings (SSSR count). The first kappa shape index (κ1) is 40.1. The van der Waals surface area contributed by atoms with Gasteiger partial charge in [0.15, 0.2) is 6.29 Å². The monoisotopic (exact) mass is 563 g/mol. The van der Waals surface area contributed by atoms with Crippen molar-refractivity contribution in [2.75, 3.05) is 18.5 Å². The molecule has 0 aliphatic carbocycles. The number of hydrogen-bond acceptors (Lipinski definition) is 9. The molecule has 0 saturated heterocycles. The number of anilines is 1. The number of nitrogens with one attached hydrogen (secondary N) is 1. The fraction of sp³-hybridized carbons (Fsp3) is 0.724. The van der Waals surface area contributed by atoms with Gasteiger partial charge in [-0.25, -0.2) is 0 Å². The Bertz CT molecular complexity index is 707. The van der Waals surface area contributed by atoms with Crippen molar-refractivity contribution in [3.05, 3.63) is 29.8 Å². The van der Waals surface area contributed by atoms with Crippen LogP contribution in [0.1, 0.15) is 107 Å². The Morgan fingerprint density at radius 1 is 0.795 bits per heavy atom. The fourth-order valence-corrected chi connectivity index (χ4v) is 3.89. The van der Waals surface area contributed by atoms with Gasteiger partial charge >= 0.3 is 29.6 Å². The first-order valence-corrected chi connectivity index (χ1v) is 14.1. The van der Waals surface area contributed by atoms with Gasteiger partial charge in [-0.15, -0.1) is 0 Å². The Kier molecular flexibility index (Phi) is 27.9. The fourth-order valence-electron chi connectivity index (χ4n) is 3.89. The van der Waals surface area contributed by atoms with Crippen molar-refractivity contribution < 1.29 is 69.8 Å². The van der Waals surface area contributed by atoms with Crippen LogP contribution < -0.4 is 40.0 Å². The van der Waals surface area contributed by atoms with Crippen LogP contribution in [0.5, 0.6) is 0 Å². The van der Waals surface area contributed by atoms with Crippen LogP contribution in [0.2, 0.25) is 0 Å². The van der Waals surface area contributed by atoms with E-state index in [0.717, 1.165) is 12.2 Å². The van der Waals surface area contributed by atoms with E-state index in [4.69, 9.17) is 25.5 Å². The zero-order chi connectivity index (χ0) is 28.6. The van der Waals surface area contributed by atoms with Crippen molar-refractivity contribution in [3.8, 4) is 0 Å². The summed E-state index contributed by atoms with van der Waals surface area (Å²) < 4.78 is 0. The third-order valence-corrected chi connectivity index (χ3v) is 6.40. The van der Waals surface area contributed by atoms with E-state index in [9.17, 15) is 14.7 Å². The zero-order valence-electron chi connectivity index (χ0n) is 24.0. The van der Waals surface area contributed by atoms with E-state index in [1.807, 2.05) is 0 Å². The number of benzene rings is 1. The number of hydrogen-bond donors (Lipinski definition) is 6. The number of aliphatic hydroxyl groups excluding tert-OH is 5. The molecule has 1 aromatic rings. The maximum Gasteiger partial charge on any atom is 1.00 e. The summed E-state index contributed by atoms with van der Waals surface area (Å²) in [5.74, 6) is -1.12. The van der Waals surface area contributed by atoms with Gasteiger partial charge in [-0.05, 0) is 24.1 Å². The predicted molar refractivity (Wildman–Crippen MR) is 147 cm³/mol. The molecule has 9 nitrogen and oxygen atoms in total. The third kappa shape index (κ3) is 21.4. The van der Waals surface area contributed by atoms with Gasteiger partial charge in [-0.3, -0.25) is 0 Å². The zero-order valence-corrected chi connectivity index (χ0v) is 26.0. The van der Waals surface area contributed by atoms with Gasteiger partial charge in [0.05, 0.1) is 12.6 Å². The number of carbonyl (C=O) groups is 2. The Labute approximate surface area is 256 Å². The number of aliphatic hydroxyl groups is 5. The van der Waals surface area contributed by atoms with Gasteiger partial charge < -0.3 is 45.5 Å². The summed E-state index contributed by atoms with van der Waals surface area (Å²) in [6.07, 6.45) is 12.4. The minimum Gasteiger partial charge on any atom is -0.545 e. The van der Waals surface area contributed by atoms with Crippen molar-refractivity contribution >= 4 is 17.9 Å². The van der Waals surface area contributed by atoms with E-state index in [-0.39, 0.29) is 41.4 Å². The molecule has 0 bridgehead atoms. The molecule has 220 valence electrons. The van der Waals surface area contributed by atoms with Gasteiger partial charge in [0.2, 0.25) is 0 Å². The molecule has 0 fully saturated rings. The van der Waals surface area contributed by atoms with Crippen molar-refractivity contribution in [3.63, 3.8) is 0 Å². The van der Waals surface area contributed by atoms with E-state index in [0.29, 0.717) is 0 Å². The summed E-state index contributed by atoms with van der Waals surface area (Å²) in [6.45, 7) is 2.46. The Morgan fingerprint density at radius 3 is 1.62 bits per heavy atom. The Morgan fingerprint density at radius 2 is 1.23 bits per heavy atom. The first-order valence-electron chi connectivity index (χ1n) is 14.1. The second-order valence-electron chi connectivity index (χ2n) is 9.75. The van der Waals surface area contributed by atoms with Crippen molar-refractivity contribution in [1.82, 2.24) is 0 Å². The Hall–Kier alpha value is -1.04. The molecule has 10 heteroatoms. The number of rotatable bonds is 22. The molecule has 39 heavy (non-hydrogen) atoms. The van der Waals surface area contributed by atoms with Crippen molar-refractivity contribution in [2.45, 2.75) is 121 Å². The number of carboxylic acid groups (broad SMARTS) is 1. The SMILES string of the molecule is CCCCCCCCCCCCCCCCNc1ccc(C(=O)[O-])cc1.O=C[C@H](O)[C@@H](O)[C@H](O)[C@H](O)CO.[Na+]. The quantitative estimate of drug-likeness (QED) is 0.0622. The molecule has 6 N–H and O–H groups in total. The molecule has 0 heterocycles. The van der Waals surface area contributed by atoms with Crippen molar-refractivity contribution in [2.24, 2.45) is 0 Å². The molecule has 0 radical (unpaired) electrons. The van der Waals surface area contributed by atoms with Crippen LogP contribution >= 0.6 is 0 Å². The van der Waals surface area contributed by atoms with Crippen LogP contribution in [-0.2, 0) is 4.79 Å². The number of aromatic carboxylic acids is 1. The molecule has 0 saturated carbocycles. The summed E-state index contributed by atoms with van der Waals surface area (Å²) in [5.41, 5.74) is 1.21. The molecule has 0 amide bonds. The van der Waals surface area contributed by atoms with Crippen LogP contribution in [-0.4, -0.2) is 75.4 Å². The average Bonchev–Trinajstić information content (AvgIpc) is 2.93. The topological polar surface area (TPSA) is 170 Å². The number of carboxylic acids is 1. The van der Waals surface area contributed by atoms with E-state index < -0.39 is 37.0 Å². The number of aldehydes is 1. The normalized spacial score (nSPS) is 13.7. The molecule has 0 aliphatic heterocycles. The average molecular weight is 564 g/mol. The standard InChI is InChI=1S/C23H39NO2.C6H12O6.Na/c1-2-3-4-5-6-7-8-9-10-11-12-13-14-15-20-24-22-18-16-21(17-19-22)23(25)26;7-1-3(9)5(11)6(12)4(10)2-8;/h16-19,24H,2-15,20H2,1H3,(H,25,26);1,3-6,8-12H,2H2;/q;;+1/p-1/t;3-,4+,5+,6+;/m.0./s1. The van der Waals surface area contributed by atoms with E-state index in [2.05, 4.69) is 12.2 Å². The van der Waals surface area contributed by atoms with Crippen LogP contribution in [0.4, 0.5) is 5.69 Å². The number of carbonyl (C=O) groups excluding carboxylic acids is 2. The molecular weight excluding hydrogens is 513 g/mol. The van der Waals surface area contributed by atoms with Gasteiger partial charge in [0.1, 0.15) is 24.4 Å². The maximum absolute atomic E-state index is 10.7. The van der Waals surface area contributed by atoms with Crippen LogP contribution in [0.25, 0.3) is 0 Å². The molecule has 0 aliphatic rings. The van der Waals surface area contributed by atoms with Crippen LogP contribution in [0, 0.1) is 0 Å². The summed E-state index contributed by atoms with van der Waals surface area (Å²) >= 11 is 0. The molecule has 0 unspecified atom stereocenters. The summed E-state index contributed by atoms with van der Waals surface area (Å²) in [4.78, 5) is 20.6. The predicted octanol–water partition coefficient (Wildman–Crippen LogP) is -0.431. The van der Waals surface area contributed by atoms with Crippen LogP contribution in [0.3, 0.4) is 0 Å². The Balaban J connectivity index is 0. The van der Waals surface area contributed by atoms with Gasteiger partial charge in [-0.2, -0.15) is 0 Å². The molecule has 1 aromatic carbocycles. The van der Waals surface area contributed by atoms with Crippen molar-refractivity contribution in [1.29, 1.82) is 0 Å². The molecule has 0 aromatic heterocycles. The van der Waals surface area contributed by atoms with E-state index in [1.54, 1.807) is 24.3 Å². The summed E-state index contributed by atoms with van der Waals surface area (Å²) in [7, 11) is 0. The first-order chi connectivity index (χ1) is 18.3. The second-order valence-corrected chi connectivity index (χ2v) is 9.75. The molecular formula is C29H50NNaO8. The summed E-state index contributed by atoms with van der Waals surface area (Å²) in [5, 5.41) is 57.6. The largest absolute Gasteiger partial charge is 1.00 e. The molecule has 4 atom stereocenters. The molecule has 0 spiro atoms. The minimum atomic E-state index is -1.79. The maximum atomic E-state index is 10.7. The van der Waals surface area contributed by atoms with Crippen LogP contribution in [0.15, 0.2) is 24.3 Å². The van der Waals surface area contributed by atoms with E-state index >= 15 is 0 Å². The summed E-state index contributed by atoms with van der Waals surface area (Å²) in [6, 6.07) is 6.77. The number of unbranched alkanes of at least 4 members (excludes halogenated alkanes) is 13. The smallest absolute Gasteiger partial charge is 0.545 e. The minimum absolute atomic E-state index is 0. The van der Waals surface area contributed by atoms with Gasteiger partial charge in [0.25, 0.3) is 0 Å². The third-order valence-electron chi connectivity index (χ3n) is 6.40. The van der Waals surface area contributed by atoms with Gasteiger partial charge in [0, 0.05) is 12.2 Å². The second kappa shape index (κ2) is 27.1. The van der Waals surface area contributed by atoms with Gasteiger partial charge in [-0.1, -0.05) is 103 Å².